The Morgan fingerprint density at radius 1 is 1.14 bits per heavy atom. The summed E-state index contributed by atoms with van der Waals surface area (Å²) in [5.41, 5.74) is 3.37. The molecule has 7 heteroatoms. The van der Waals surface area contributed by atoms with E-state index in [1.165, 1.54) is 0 Å². The molecule has 2 aromatic rings. The number of nitrogens with zero attached hydrogens (tertiary/aromatic N) is 2. The first-order valence-corrected chi connectivity index (χ1v) is 9.91. The maximum Gasteiger partial charge on any atom is 0.355 e. The van der Waals surface area contributed by atoms with Gasteiger partial charge in [-0.25, -0.2) is 4.79 Å². The fraction of sp³-hybridized carbons (Fsp3) is 0.429. The number of anilines is 1. The number of aryl methyl sites for hydroxylation is 1. The summed E-state index contributed by atoms with van der Waals surface area (Å²) in [6, 6.07) is 7.82. The molecule has 0 aliphatic carbocycles. The Kier molecular flexibility index (Phi) is 6.42. The van der Waals surface area contributed by atoms with Crippen molar-refractivity contribution in [2.45, 2.75) is 20.8 Å². The molecule has 1 fully saturated rings. The molecule has 6 nitrogen and oxygen atoms in total. The number of hydrogen-bond acceptors (Lipinski definition) is 5. The third-order valence-corrected chi connectivity index (χ3v) is 5.45. The van der Waals surface area contributed by atoms with Gasteiger partial charge in [0.25, 0.3) is 0 Å². The Morgan fingerprint density at radius 3 is 2.46 bits per heavy atom. The molecule has 0 spiro atoms. The molecule has 150 valence electrons. The lowest BCUT2D eigenvalue weighted by molar-refractivity contribution is 0.0519. The van der Waals surface area contributed by atoms with Crippen LogP contribution < -0.4 is 4.90 Å². The highest BCUT2D eigenvalue weighted by Gasteiger charge is 2.26. The summed E-state index contributed by atoms with van der Waals surface area (Å²) >= 11 is 6.29. The SMILES string of the molecule is CCOC(=O)c1[nH]c(C)c(C(=O)CN2CCN(c3ccccc3Cl)CC2)c1C. The molecule has 1 aliphatic rings. The number of halogens is 1. The average molecular weight is 404 g/mol. The molecule has 0 saturated carbocycles. The molecule has 2 heterocycles. The Labute approximate surface area is 170 Å². The topological polar surface area (TPSA) is 65.6 Å². The van der Waals surface area contributed by atoms with Crippen molar-refractivity contribution in [3.63, 3.8) is 0 Å². The zero-order chi connectivity index (χ0) is 20.3. The summed E-state index contributed by atoms with van der Waals surface area (Å²) in [7, 11) is 0. The number of benzene rings is 1. The van der Waals surface area contributed by atoms with Gasteiger partial charge < -0.3 is 14.6 Å². The molecule has 0 atom stereocenters. The number of rotatable bonds is 6. The van der Waals surface area contributed by atoms with E-state index < -0.39 is 5.97 Å². The fourth-order valence-corrected chi connectivity index (χ4v) is 3.97. The third-order valence-electron chi connectivity index (χ3n) is 5.13. The number of esters is 1. The first-order valence-electron chi connectivity index (χ1n) is 9.53. The molecule has 0 amide bonds. The van der Waals surface area contributed by atoms with Gasteiger partial charge in [0.1, 0.15) is 5.69 Å². The number of carbonyl (C=O) groups excluding carboxylic acids is 2. The maximum atomic E-state index is 12.9. The van der Waals surface area contributed by atoms with Crippen LogP contribution in [-0.4, -0.2) is 61.0 Å². The Morgan fingerprint density at radius 2 is 1.82 bits per heavy atom. The van der Waals surface area contributed by atoms with E-state index in [1.807, 2.05) is 31.2 Å². The van der Waals surface area contributed by atoms with Crippen LogP contribution >= 0.6 is 11.6 Å². The molecular formula is C21H26ClN3O3. The summed E-state index contributed by atoms with van der Waals surface area (Å²) in [4.78, 5) is 32.4. The van der Waals surface area contributed by atoms with Crippen LogP contribution in [0.1, 0.15) is 39.0 Å². The van der Waals surface area contributed by atoms with E-state index in [4.69, 9.17) is 16.3 Å². The smallest absolute Gasteiger partial charge is 0.355 e. The number of aromatic nitrogens is 1. The van der Waals surface area contributed by atoms with Crippen LogP contribution in [0, 0.1) is 13.8 Å². The molecular weight excluding hydrogens is 378 g/mol. The zero-order valence-corrected chi connectivity index (χ0v) is 17.3. The van der Waals surface area contributed by atoms with Crippen LogP contribution in [0.5, 0.6) is 0 Å². The largest absolute Gasteiger partial charge is 0.461 e. The lowest BCUT2D eigenvalue weighted by Crippen LogP contribution is -2.48. The van der Waals surface area contributed by atoms with E-state index in [-0.39, 0.29) is 5.78 Å². The monoisotopic (exact) mass is 403 g/mol. The predicted octanol–water partition coefficient (Wildman–Crippen LogP) is 3.47. The van der Waals surface area contributed by atoms with E-state index in [9.17, 15) is 9.59 Å². The number of hydrogen-bond donors (Lipinski definition) is 1. The summed E-state index contributed by atoms with van der Waals surface area (Å²) < 4.78 is 5.06. The average Bonchev–Trinajstić information content (AvgIpc) is 2.97. The highest BCUT2D eigenvalue weighted by molar-refractivity contribution is 6.33. The third kappa shape index (κ3) is 4.23. The van der Waals surface area contributed by atoms with Gasteiger partial charge in [-0.05, 0) is 38.5 Å². The zero-order valence-electron chi connectivity index (χ0n) is 16.5. The number of ketones is 1. The van der Waals surface area contributed by atoms with Gasteiger partial charge in [-0.15, -0.1) is 0 Å². The van der Waals surface area contributed by atoms with Gasteiger partial charge >= 0.3 is 5.97 Å². The maximum absolute atomic E-state index is 12.9. The van der Waals surface area contributed by atoms with E-state index in [0.717, 1.165) is 36.9 Å². The van der Waals surface area contributed by atoms with Gasteiger partial charge in [-0.3, -0.25) is 9.69 Å². The molecule has 1 aromatic carbocycles. The van der Waals surface area contributed by atoms with E-state index >= 15 is 0 Å². The van der Waals surface area contributed by atoms with E-state index in [0.29, 0.717) is 35.7 Å². The van der Waals surface area contributed by atoms with Crippen molar-refractivity contribution in [2.75, 3.05) is 44.2 Å². The van der Waals surface area contributed by atoms with Gasteiger partial charge in [0.2, 0.25) is 0 Å². The van der Waals surface area contributed by atoms with Crippen LogP contribution in [0.2, 0.25) is 5.02 Å². The minimum atomic E-state index is -0.421. The second kappa shape index (κ2) is 8.80. The first-order chi connectivity index (χ1) is 13.4. The molecule has 1 saturated heterocycles. The number of H-pyrrole nitrogens is 1. The number of Topliss-reactive ketones (excluding diaryl/α,β-unsaturated/α-hetero) is 1. The molecule has 0 unspecified atom stereocenters. The van der Waals surface area contributed by atoms with Gasteiger partial charge in [-0.2, -0.15) is 0 Å². The van der Waals surface area contributed by atoms with Crippen LogP contribution in [-0.2, 0) is 4.74 Å². The van der Waals surface area contributed by atoms with Crippen molar-refractivity contribution in [3.05, 3.63) is 51.8 Å². The summed E-state index contributed by atoms with van der Waals surface area (Å²) in [5, 5.41) is 0.747. The highest BCUT2D eigenvalue weighted by Crippen LogP contribution is 2.26. The van der Waals surface area contributed by atoms with Crippen molar-refractivity contribution in [2.24, 2.45) is 0 Å². The van der Waals surface area contributed by atoms with Crippen molar-refractivity contribution in [1.82, 2.24) is 9.88 Å². The number of aromatic amines is 1. The Bertz CT molecular complexity index is 870. The molecule has 28 heavy (non-hydrogen) atoms. The van der Waals surface area contributed by atoms with Crippen LogP contribution in [0.25, 0.3) is 0 Å². The highest BCUT2D eigenvalue weighted by atomic mass is 35.5. The Hall–Kier alpha value is -2.31. The Balaban J connectivity index is 1.64. The minimum Gasteiger partial charge on any atom is -0.461 e. The first kappa shape index (κ1) is 20.4. The lowest BCUT2D eigenvalue weighted by atomic mass is 10.0. The number of nitrogens with one attached hydrogen (secondary N) is 1. The number of ether oxygens (including phenoxy) is 1. The summed E-state index contributed by atoms with van der Waals surface area (Å²) in [6.07, 6.45) is 0. The number of piperazine rings is 1. The van der Waals surface area contributed by atoms with Crippen LogP contribution in [0.4, 0.5) is 5.69 Å². The van der Waals surface area contributed by atoms with Gasteiger partial charge in [0.15, 0.2) is 5.78 Å². The van der Waals surface area contributed by atoms with Crippen molar-refractivity contribution in [1.29, 1.82) is 0 Å². The molecule has 0 bridgehead atoms. The standard InChI is InChI=1S/C21H26ClN3O3/c1-4-28-21(27)20-14(2)19(15(3)23-20)18(26)13-24-9-11-25(12-10-24)17-8-6-5-7-16(17)22/h5-8,23H,4,9-13H2,1-3H3. The lowest BCUT2D eigenvalue weighted by Gasteiger charge is -2.36. The van der Waals surface area contributed by atoms with Gasteiger partial charge in [-0.1, -0.05) is 23.7 Å². The molecule has 3 rings (SSSR count). The van der Waals surface area contributed by atoms with Crippen molar-refractivity contribution < 1.29 is 14.3 Å². The number of para-hydroxylation sites is 1. The van der Waals surface area contributed by atoms with Gasteiger partial charge in [0.05, 0.1) is 23.9 Å². The quantitative estimate of drug-likeness (QED) is 0.591. The van der Waals surface area contributed by atoms with E-state index in [2.05, 4.69) is 14.8 Å². The van der Waals surface area contributed by atoms with Crippen molar-refractivity contribution >= 4 is 29.0 Å². The summed E-state index contributed by atoms with van der Waals surface area (Å²) in [5.74, 6) is -0.400. The molecule has 1 N–H and O–H groups in total. The second-order valence-electron chi connectivity index (χ2n) is 6.98. The molecule has 1 aliphatic heterocycles. The molecule has 1 aromatic heterocycles. The minimum absolute atomic E-state index is 0.0213. The van der Waals surface area contributed by atoms with E-state index in [1.54, 1.807) is 13.8 Å². The predicted molar refractivity (Wildman–Crippen MR) is 111 cm³/mol. The van der Waals surface area contributed by atoms with Gasteiger partial charge in [0, 0.05) is 37.4 Å². The second-order valence-corrected chi connectivity index (χ2v) is 7.39. The number of carbonyl (C=O) groups is 2. The van der Waals surface area contributed by atoms with Crippen LogP contribution in [0.15, 0.2) is 24.3 Å². The van der Waals surface area contributed by atoms with Crippen LogP contribution in [0.3, 0.4) is 0 Å². The fourth-order valence-electron chi connectivity index (χ4n) is 3.71. The summed E-state index contributed by atoms with van der Waals surface area (Å²) in [6.45, 7) is 9.20. The van der Waals surface area contributed by atoms with Crippen molar-refractivity contribution in [3.8, 4) is 0 Å². The normalized spacial score (nSPS) is 14.9. The molecule has 0 radical (unpaired) electrons.